The number of anilines is 1. The number of carboxylic acids is 1. The zero-order valence-corrected chi connectivity index (χ0v) is 11.3. The standard InChI is InChI=1S/C13H16N2O5/c1-8-6-14(7-9(8)13(16)17)10-4-3-5-11(20-2)12(10)15(18)19/h3-5,8-9H,6-7H2,1-2H3,(H,16,17)/t8-,9-/m1/s1. The van der Waals surface area contributed by atoms with Crippen LogP contribution in [0.4, 0.5) is 11.4 Å². The summed E-state index contributed by atoms with van der Waals surface area (Å²) in [5.41, 5.74) is 0.290. The molecule has 1 N–H and O–H groups in total. The molecule has 0 saturated carbocycles. The molecule has 0 radical (unpaired) electrons. The van der Waals surface area contributed by atoms with Gasteiger partial charge in [-0.05, 0) is 18.1 Å². The average Bonchev–Trinajstić information content (AvgIpc) is 2.79. The Hall–Kier alpha value is -2.31. The van der Waals surface area contributed by atoms with Gasteiger partial charge in [-0.3, -0.25) is 14.9 Å². The van der Waals surface area contributed by atoms with Crippen molar-refractivity contribution in [3.05, 3.63) is 28.3 Å². The molecular weight excluding hydrogens is 264 g/mol. The second-order valence-corrected chi connectivity index (χ2v) is 4.91. The first-order valence-corrected chi connectivity index (χ1v) is 6.24. The number of nitro benzene ring substituents is 1. The molecule has 1 fully saturated rings. The van der Waals surface area contributed by atoms with Crippen molar-refractivity contribution in [1.29, 1.82) is 0 Å². The minimum Gasteiger partial charge on any atom is -0.490 e. The highest BCUT2D eigenvalue weighted by Gasteiger charge is 2.37. The number of carboxylic acid groups (broad SMARTS) is 1. The summed E-state index contributed by atoms with van der Waals surface area (Å²) in [6, 6.07) is 4.81. The summed E-state index contributed by atoms with van der Waals surface area (Å²) in [6.45, 7) is 2.58. The number of rotatable bonds is 4. The van der Waals surface area contributed by atoms with Gasteiger partial charge >= 0.3 is 11.7 Å². The Morgan fingerprint density at radius 2 is 2.20 bits per heavy atom. The molecule has 0 unspecified atom stereocenters. The minimum absolute atomic E-state index is 0.0571. The third kappa shape index (κ3) is 2.38. The van der Waals surface area contributed by atoms with Crippen LogP contribution in [0.1, 0.15) is 6.92 Å². The van der Waals surface area contributed by atoms with E-state index in [-0.39, 0.29) is 23.9 Å². The number of methoxy groups -OCH3 is 1. The van der Waals surface area contributed by atoms with E-state index in [1.807, 2.05) is 6.92 Å². The van der Waals surface area contributed by atoms with Gasteiger partial charge in [0.2, 0.25) is 0 Å². The molecule has 1 heterocycles. The molecule has 1 aliphatic rings. The van der Waals surface area contributed by atoms with Crippen LogP contribution in [-0.4, -0.2) is 36.2 Å². The van der Waals surface area contributed by atoms with Gasteiger partial charge in [-0.1, -0.05) is 13.0 Å². The number of nitrogens with zero attached hydrogens (tertiary/aromatic N) is 2. The second-order valence-electron chi connectivity index (χ2n) is 4.91. The molecule has 1 aromatic carbocycles. The lowest BCUT2D eigenvalue weighted by atomic mass is 9.99. The zero-order chi connectivity index (χ0) is 14.9. The first kappa shape index (κ1) is 14.1. The maximum Gasteiger partial charge on any atom is 0.333 e. The van der Waals surface area contributed by atoms with Crippen LogP contribution in [0.3, 0.4) is 0 Å². The topological polar surface area (TPSA) is 92.9 Å². The maximum absolute atomic E-state index is 11.2. The molecule has 0 aromatic heterocycles. The number of para-hydroxylation sites is 1. The van der Waals surface area contributed by atoms with Gasteiger partial charge in [-0.15, -0.1) is 0 Å². The second kappa shape index (κ2) is 5.36. The zero-order valence-electron chi connectivity index (χ0n) is 11.3. The molecule has 0 amide bonds. The number of benzene rings is 1. The van der Waals surface area contributed by atoms with E-state index >= 15 is 0 Å². The van der Waals surface area contributed by atoms with E-state index in [0.29, 0.717) is 12.2 Å². The fraction of sp³-hybridized carbons (Fsp3) is 0.462. The van der Waals surface area contributed by atoms with Gasteiger partial charge in [0.15, 0.2) is 5.75 Å². The lowest BCUT2D eigenvalue weighted by Crippen LogP contribution is -2.23. The Balaban J connectivity index is 2.39. The van der Waals surface area contributed by atoms with E-state index in [0.717, 1.165) is 0 Å². The van der Waals surface area contributed by atoms with Crippen LogP contribution in [-0.2, 0) is 4.79 Å². The maximum atomic E-state index is 11.2. The Bertz CT molecular complexity index is 546. The van der Waals surface area contributed by atoms with Crippen LogP contribution in [0.25, 0.3) is 0 Å². The molecule has 1 aromatic rings. The van der Waals surface area contributed by atoms with Gasteiger partial charge in [0.25, 0.3) is 0 Å². The number of hydrogen-bond acceptors (Lipinski definition) is 5. The predicted molar refractivity (Wildman–Crippen MR) is 72.2 cm³/mol. The number of aliphatic carboxylic acids is 1. The normalized spacial score (nSPS) is 21.8. The van der Waals surface area contributed by atoms with E-state index < -0.39 is 16.8 Å². The summed E-state index contributed by atoms with van der Waals surface area (Å²) in [4.78, 5) is 23.6. The molecule has 2 atom stereocenters. The first-order valence-electron chi connectivity index (χ1n) is 6.24. The number of hydrogen-bond donors (Lipinski definition) is 1. The SMILES string of the molecule is COc1cccc(N2C[C@@H](C)[C@H](C(=O)O)C2)c1[N+](=O)[O-]. The summed E-state index contributed by atoms with van der Waals surface area (Å²) in [6.07, 6.45) is 0. The van der Waals surface area contributed by atoms with Crippen LogP contribution in [0.2, 0.25) is 0 Å². The van der Waals surface area contributed by atoms with Crippen molar-refractivity contribution >= 4 is 17.3 Å². The first-order chi connectivity index (χ1) is 9.45. The van der Waals surface area contributed by atoms with Gasteiger partial charge in [0, 0.05) is 13.1 Å². The number of ether oxygens (including phenoxy) is 1. The van der Waals surface area contributed by atoms with Gasteiger partial charge in [0.1, 0.15) is 5.69 Å². The smallest absolute Gasteiger partial charge is 0.333 e. The predicted octanol–water partition coefficient (Wildman–Crippen LogP) is 1.76. The third-order valence-electron chi connectivity index (χ3n) is 3.65. The Morgan fingerprint density at radius 1 is 1.50 bits per heavy atom. The largest absolute Gasteiger partial charge is 0.490 e. The summed E-state index contributed by atoms with van der Waals surface area (Å²) in [5, 5.41) is 20.4. The van der Waals surface area contributed by atoms with Crippen molar-refractivity contribution in [2.75, 3.05) is 25.1 Å². The highest BCUT2D eigenvalue weighted by molar-refractivity contribution is 5.75. The van der Waals surface area contributed by atoms with Gasteiger partial charge in [0.05, 0.1) is 18.0 Å². The van der Waals surface area contributed by atoms with Crippen molar-refractivity contribution < 1.29 is 19.6 Å². The van der Waals surface area contributed by atoms with Gasteiger partial charge < -0.3 is 14.7 Å². The van der Waals surface area contributed by atoms with Crippen LogP contribution >= 0.6 is 0 Å². The quantitative estimate of drug-likeness (QED) is 0.667. The van der Waals surface area contributed by atoms with E-state index in [1.165, 1.54) is 13.2 Å². The van der Waals surface area contributed by atoms with Crippen molar-refractivity contribution in [2.24, 2.45) is 11.8 Å². The Morgan fingerprint density at radius 3 is 2.70 bits per heavy atom. The Kier molecular flexibility index (Phi) is 3.78. The lowest BCUT2D eigenvalue weighted by Gasteiger charge is -2.19. The Labute approximate surface area is 115 Å². The van der Waals surface area contributed by atoms with Crippen LogP contribution in [0.5, 0.6) is 5.75 Å². The van der Waals surface area contributed by atoms with Crippen molar-refractivity contribution in [1.82, 2.24) is 0 Å². The summed E-state index contributed by atoms with van der Waals surface area (Å²) < 4.78 is 5.02. The van der Waals surface area contributed by atoms with Crippen molar-refractivity contribution in [3.63, 3.8) is 0 Å². The molecule has 2 rings (SSSR count). The van der Waals surface area contributed by atoms with Crippen LogP contribution in [0.15, 0.2) is 18.2 Å². The summed E-state index contributed by atoms with van der Waals surface area (Å²) in [7, 11) is 1.37. The van der Waals surface area contributed by atoms with Crippen LogP contribution < -0.4 is 9.64 Å². The molecule has 1 aliphatic heterocycles. The molecule has 0 spiro atoms. The summed E-state index contributed by atoms with van der Waals surface area (Å²) >= 11 is 0. The van der Waals surface area contributed by atoms with Gasteiger partial charge in [-0.2, -0.15) is 0 Å². The van der Waals surface area contributed by atoms with Crippen molar-refractivity contribution in [3.8, 4) is 5.75 Å². The molecule has 7 nitrogen and oxygen atoms in total. The minimum atomic E-state index is -0.870. The fourth-order valence-electron chi connectivity index (χ4n) is 2.60. The molecular formula is C13H16N2O5. The number of carbonyl (C=O) groups is 1. The van der Waals surface area contributed by atoms with E-state index in [1.54, 1.807) is 17.0 Å². The van der Waals surface area contributed by atoms with E-state index in [4.69, 9.17) is 9.84 Å². The van der Waals surface area contributed by atoms with Gasteiger partial charge in [-0.25, -0.2) is 0 Å². The summed E-state index contributed by atoms with van der Waals surface area (Å²) in [5.74, 6) is -1.26. The molecule has 7 heteroatoms. The number of nitro groups is 1. The fourth-order valence-corrected chi connectivity index (χ4v) is 2.60. The molecule has 108 valence electrons. The van der Waals surface area contributed by atoms with E-state index in [9.17, 15) is 14.9 Å². The highest BCUT2D eigenvalue weighted by Crippen LogP contribution is 2.40. The lowest BCUT2D eigenvalue weighted by molar-refractivity contribution is -0.385. The van der Waals surface area contributed by atoms with Crippen molar-refractivity contribution in [2.45, 2.75) is 6.92 Å². The molecule has 0 bridgehead atoms. The molecule has 20 heavy (non-hydrogen) atoms. The third-order valence-corrected chi connectivity index (χ3v) is 3.65. The molecule has 0 aliphatic carbocycles. The monoisotopic (exact) mass is 280 g/mol. The molecule has 1 saturated heterocycles. The highest BCUT2D eigenvalue weighted by atomic mass is 16.6. The average molecular weight is 280 g/mol. The van der Waals surface area contributed by atoms with Crippen LogP contribution in [0, 0.1) is 22.0 Å². The van der Waals surface area contributed by atoms with E-state index in [2.05, 4.69) is 0 Å².